The molecule has 0 radical (unpaired) electrons. The van der Waals surface area contributed by atoms with Gasteiger partial charge in [0.05, 0.1) is 13.0 Å². The van der Waals surface area contributed by atoms with Gasteiger partial charge in [-0.25, -0.2) is 4.39 Å². The molecule has 0 spiro atoms. The number of ether oxygens (including phenoxy) is 1. The van der Waals surface area contributed by atoms with Crippen LogP contribution in [-0.4, -0.2) is 18.2 Å². The van der Waals surface area contributed by atoms with Gasteiger partial charge in [-0.15, -0.1) is 0 Å². The molecule has 1 unspecified atom stereocenters. The van der Waals surface area contributed by atoms with Crippen molar-refractivity contribution < 1.29 is 19.0 Å². The summed E-state index contributed by atoms with van der Waals surface area (Å²) in [5.74, 6) is -1.29. The van der Waals surface area contributed by atoms with Gasteiger partial charge < -0.3 is 9.84 Å². The summed E-state index contributed by atoms with van der Waals surface area (Å²) in [4.78, 5) is 10.7. The molecule has 0 fully saturated rings. The van der Waals surface area contributed by atoms with Crippen molar-refractivity contribution in [3.8, 4) is 5.75 Å². The molecule has 1 aromatic rings. The highest BCUT2D eigenvalue weighted by atomic mass is 19.1. The predicted molar refractivity (Wildman–Crippen MR) is 58.2 cm³/mol. The summed E-state index contributed by atoms with van der Waals surface area (Å²) >= 11 is 0. The second-order valence-electron chi connectivity index (χ2n) is 3.81. The largest absolute Gasteiger partial charge is 0.496 e. The Labute approximate surface area is 93.9 Å². The number of carboxylic acid groups (broad SMARTS) is 1. The second-order valence-corrected chi connectivity index (χ2v) is 3.81. The average molecular weight is 226 g/mol. The average Bonchev–Trinajstić information content (AvgIpc) is 2.23. The van der Waals surface area contributed by atoms with Crippen LogP contribution in [0, 0.1) is 18.7 Å². The van der Waals surface area contributed by atoms with Crippen molar-refractivity contribution in [3.63, 3.8) is 0 Å². The van der Waals surface area contributed by atoms with E-state index >= 15 is 0 Å². The van der Waals surface area contributed by atoms with Crippen molar-refractivity contribution in [2.45, 2.75) is 20.3 Å². The van der Waals surface area contributed by atoms with Crippen molar-refractivity contribution in [2.24, 2.45) is 5.92 Å². The molecule has 1 N–H and O–H groups in total. The van der Waals surface area contributed by atoms with E-state index in [1.165, 1.54) is 13.2 Å². The van der Waals surface area contributed by atoms with E-state index in [9.17, 15) is 9.18 Å². The standard InChI is InChI=1S/C12H15FO3/c1-7(12(14)15)6-9-4-5-10(13)8(2)11(9)16-3/h4-5,7H,6H2,1-3H3,(H,14,15). The van der Waals surface area contributed by atoms with Crippen LogP contribution in [0.1, 0.15) is 18.1 Å². The molecular weight excluding hydrogens is 211 g/mol. The molecule has 0 saturated heterocycles. The van der Waals surface area contributed by atoms with E-state index in [0.717, 1.165) is 5.56 Å². The molecule has 0 amide bonds. The minimum Gasteiger partial charge on any atom is -0.496 e. The molecule has 88 valence electrons. The maximum atomic E-state index is 13.2. The van der Waals surface area contributed by atoms with Crippen molar-refractivity contribution in [2.75, 3.05) is 7.11 Å². The zero-order valence-electron chi connectivity index (χ0n) is 9.58. The van der Waals surface area contributed by atoms with Crippen LogP contribution in [0.4, 0.5) is 4.39 Å². The number of benzene rings is 1. The first kappa shape index (κ1) is 12.5. The Hall–Kier alpha value is -1.58. The molecule has 16 heavy (non-hydrogen) atoms. The highest BCUT2D eigenvalue weighted by Crippen LogP contribution is 2.27. The van der Waals surface area contributed by atoms with E-state index in [-0.39, 0.29) is 5.82 Å². The van der Waals surface area contributed by atoms with E-state index in [4.69, 9.17) is 9.84 Å². The van der Waals surface area contributed by atoms with Crippen LogP contribution in [0.25, 0.3) is 0 Å². The second kappa shape index (κ2) is 4.96. The van der Waals surface area contributed by atoms with Gasteiger partial charge in [-0.3, -0.25) is 4.79 Å². The van der Waals surface area contributed by atoms with E-state index in [2.05, 4.69) is 0 Å². The lowest BCUT2D eigenvalue weighted by Gasteiger charge is -2.13. The van der Waals surface area contributed by atoms with Crippen LogP contribution in [0.3, 0.4) is 0 Å². The summed E-state index contributed by atoms with van der Waals surface area (Å²) in [5.41, 5.74) is 1.13. The van der Waals surface area contributed by atoms with Gasteiger partial charge in [-0.05, 0) is 25.0 Å². The van der Waals surface area contributed by atoms with E-state index in [1.54, 1.807) is 19.9 Å². The topological polar surface area (TPSA) is 46.5 Å². The number of carbonyl (C=O) groups is 1. The molecule has 0 heterocycles. The Kier molecular flexibility index (Phi) is 3.88. The fourth-order valence-electron chi connectivity index (χ4n) is 1.59. The van der Waals surface area contributed by atoms with Crippen LogP contribution in [0.5, 0.6) is 5.75 Å². The zero-order chi connectivity index (χ0) is 12.3. The minimum atomic E-state index is -0.871. The minimum absolute atomic E-state index is 0.333. The molecule has 0 bridgehead atoms. The van der Waals surface area contributed by atoms with Crippen molar-refractivity contribution in [1.82, 2.24) is 0 Å². The lowest BCUT2D eigenvalue weighted by molar-refractivity contribution is -0.141. The third kappa shape index (κ3) is 2.51. The third-order valence-electron chi connectivity index (χ3n) is 2.57. The van der Waals surface area contributed by atoms with Gasteiger partial charge in [0.1, 0.15) is 11.6 Å². The lowest BCUT2D eigenvalue weighted by Crippen LogP contribution is -2.13. The molecule has 0 aromatic heterocycles. The van der Waals surface area contributed by atoms with Gasteiger partial charge >= 0.3 is 5.97 Å². The molecule has 1 aromatic carbocycles. The summed E-state index contributed by atoms with van der Waals surface area (Å²) in [7, 11) is 1.46. The number of halogens is 1. The molecule has 4 heteroatoms. The molecule has 0 saturated carbocycles. The highest BCUT2D eigenvalue weighted by molar-refractivity contribution is 5.70. The number of hydrogen-bond donors (Lipinski definition) is 1. The van der Waals surface area contributed by atoms with Gasteiger partial charge in [-0.1, -0.05) is 13.0 Å². The number of methoxy groups -OCH3 is 1. The van der Waals surface area contributed by atoms with Crippen LogP contribution in [0.15, 0.2) is 12.1 Å². The van der Waals surface area contributed by atoms with Gasteiger partial charge in [0.25, 0.3) is 0 Å². The molecular formula is C12H15FO3. The third-order valence-corrected chi connectivity index (χ3v) is 2.57. The Morgan fingerprint density at radius 1 is 1.56 bits per heavy atom. The van der Waals surface area contributed by atoms with Gasteiger partial charge in [0.2, 0.25) is 0 Å². The first-order valence-electron chi connectivity index (χ1n) is 5.02. The van der Waals surface area contributed by atoms with Crippen molar-refractivity contribution in [3.05, 3.63) is 29.1 Å². The fraction of sp³-hybridized carbons (Fsp3) is 0.417. The maximum absolute atomic E-state index is 13.2. The van der Waals surface area contributed by atoms with Crippen LogP contribution >= 0.6 is 0 Å². The molecule has 1 rings (SSSR count). The monoisotopic (exact) mass is 226 g/mol. The highest BCUT2D eigenvalue weighted by Gasteiger charge is 2.17. The quantitative estimate of drug-likeness (QED) is 0.857. The summed E-state index contributed by atoms with van der Waals surface area (Å²) in [6.45, 7) is 3.23. The SMILES string of the molecule is COc1c(CC(C)C(=O)O)ccc(F)c1C. The molecule has 3 nitrogen and oxygen atoms in total. The predicted octanol–water partition coefficient (Wildman–Crippen LogP) is 2.41. The van der Waals surface area contributed by atoms with Gasteiger partial charge in [-0.2, -0.15) is 0 Å². The normalized spacial score (nSPS) is 12.2. The zero-order valence-corrected chi connectivity index (χ0v) is 9.58. The Bertz CT molecular complexity index is 401. The fourth-order valence-corrected chi connectivity index (χ4v) is 1.59. The van der Waals surface area contributed by atoms with E-state index in [0.29, 0.717) is 17.7 Å². The van der Waals surface area contributed by atoms with Gasteiger partial charge in [0, 0.05) is 5.56 Å². The molecule has 0 aliphatic rings. The van der Waals surface area contributed by atoms with Gasteiger partial charge in [0.15, 0.2) is 0 Å². The van der Waals surface area contributed by atoms with Crippen LogP contribution in [0.2, 0.25) is 0 Å². The van der Waals surface area contributed by atoms with E-state index < -0.39 is 11.9 Å². The number of hydrogen-bond acceptors (Lipinski definition) is 2. The first-order valence-corrected chi connectivity index (χ1v) is 5.02. The molecule has 1 atom stereocenters. The molecule has 0 aliphatic carbocycles. The Morgan fingerprint density at radius 3 is 2.69 bits per heavy atom. The van der Waals surface area contributed by atoms with Crippen LogP contribution in [-0.2, 0) is 11.2 Å². The van der Waals surface area contributed by atoms with Crippen LogP contribution < -0.4 is 4.74 Å². The molecule has 0 aliphatic heterocycles. The van der Waals surface area contributed by atoms with Crippen molar-refractivity contribution in [1.29, 1.82) is 0 Å². The summed E-state index contributed by atoms with van der Waals surface area (Å²) in [6, 6.07) is 2.91. The summed E-state index contributed by atoms with van der Waals surface area (Å²) < 4.78 is 18.4. The number of rotatable bonds is 4. The maximum Gasteiger partial charge on any atom is 0.306 e. The first-order chi connectivity index (χ1) is 7.47. The van der Waals surface area contributed by atoms with Crippen molar-refractivity contribution >= 4 is 5.97 Å². The summed E-state index contributed by atoms with van der Waals surface area (Å²) in [5, 5.41) is 8.82. The Morgan fingerprint density at radius 2 is 2.19 bits per heavy atom. The number of carboxylic acids is 1. The smallest absolute Gasteiger partial charge is 0.306 e. The Balaban J connectivity index is 3.05. The van der Waals surface area contributed by atoms with E-state index in [1.807, 2.05) is 0 Å². The number of aliphatic carboxylic acids is 1. The lowest BCUT2D eigenvalue weighted by atomic mass is 9.98. The summed E-state index contributed by atoms with van der Waals surface area (Å²) in [6.07, 6.45) is 0.333.